The molecule has 3 aliphatic rings. The Morgan fingerprint density at radius 3 is 2.60 bits per heavy atom. The molecule has 204 valence electrons. The maximum atomic E-state index is 15.4. The number of rotatable bonds is 5. The largest absolute Gasteiger partial charge is 0.371 e. The molecule has 0 unspecified atom stereocenters. The summed E-state index contributed by atoms with van der Waals surface area (Å²) in [6.45, 7) is 3.86. The van der Waals surface area contributed by atoms with Gasteiger partial charge in [0.1, 0.15) is 11.5 Å². The van der Waals surface area contributed by atoms with Crippen molar-refractivity contribution in [2.75, 3.05) is 24.5 Å². The van der Waals surface area contributed by atoms with Gasteiger partial charge in [0.05, 0.1) is 17.7 Å². The Morgan fingerprint density at radius 1 is 1.02 bits per heavy atom. The van der Waals surface area contributed by atoms with Gasteiger partial charge in [-0.2, -0.15) is 5.10 Å². The average molecular weight is 539 g/mol. The number of fused-ring (bicyclic) bond motifs is 2. The van der Waals surface area contributed by atoms with Crippen LogP contribution in [0.4, 0.5) is 10.1 Å². The molecule has 2 aromatic carbocycles. The number of benzene rings is 2. The summed E-state index contributed by atoms with van der Waals surface area (Å²) in [6, 6.07) is 16.9. The Labute approximate surface area is 231 Å². The van der Waals surface area contributed by atoms with E-state index in [1.54, 1.807) is 16.6 Å². The standard InChI is InChI=1S/C31H31FN6O2/c1-18-23-5-3-2-4-19(23)11-13-37(18)31(40)27-15-28(20-6-7-20)38-29(34-27)16-26(35-38)24-9-8-22(14-25(24)32)36-12-10-21(17-36)30(33)39/h2-5,8-9,14-16,18,20-21H,6-7,10-13,17H2,1H3,(H2,33,39)/t18-,21+/m1/s1. The fourth-order valence-corrected chi connectivity index (χ4v) is 6.24. The summed E-state index contributed by atoms with van der Waals surface area (Å²) in [4.78, 5) is 33.9. The molecule has 2 N–H and O–H groups in total. The molecule has 2 aliphatic heterocycles. The molecule has 1 aliphatic carbocycles. The van der Waals surface area contributed by atoms with Crippen molar-refractivity contribution >= 4 is 23.1 Å². The number of amides is 2. The number of aromatic nitrogens is 3. The maximum absolute atomic E-state index is 15.4. The van der Waals surface area contributed by atoms with Crippen LogP contribution in [-0.2, 0) is 11.2 Å². The van der Waals surface area contributed by atoms with E-state index < -0.39 is 5.82 Å². The number of nitrogens with zero attached hydrogens (tertiary/aromatic N) is 5. The first-order valence-electron chi connectivity index (χ1n) is 14.0. The molecule has 2 fully saturated rings. The second-order valence-electron chi connectivity index (χ2n) is 11.3. The third-order valence-electron chi connectivity index (χ3n) is 8.71. The topological polar surface area (TPSA) is 96.8 Å². The van der Waals surface area contributed by atoms with Crippen molar-refractivity contribution in [2.45, 2.75) is 44.6 Å². The molecule has 40 heavy (non-hydrogen) atoms. The van der Waals surface area contributed by atoms with Crippen LogP contribution >= 0.6 is 0 Å². The summed E-state index contributed by atoms with van der Waals surface area (Å²) >= 11 is 0. The molecule has 2 atom stereocenters. The molecule has 0 bridgehead atoms. The second-order valence-corrected chi connectivity index (χ2v) is 11.3. The summed E-state index contributed by atoms with van der Waals surface area (Å²) in [6.07, 6.45) is 3.54. The summed E-state index contributed by atoms with van der Waals surface area (Å²) < 4.78 is 17.2. The molecule has 0 spiro atoms. The Morgan fingerprint density at radius 2 is 1.85 bits per heavy atom. The van der Waals surface area contributed by atoms with Gasteiger partial charge in [0.2, 0.25) is 5.91 Å². The second kappa shape index (κ2) is 9.43. The van der Waals surface area contributed by atoms with Crippen molar-refractivity contribution in [2.24, 2.45) is 11.7 Å². The molecule has 4 aromatic rings. The van der Waals surface area contributed by atoms with E-state index in [-0.39, 0.29) is 23.8 Å². The van der Waals surface area contributed by atoms with E-state index in [9.17, 15) is 9.59 Å². The summed E-state index contributed by atoms with van der Waals surface area (Å²) in [5, 5.41) is 4.74. The van der Waals surface area contributed by atoms with Crippen molar-refractivity contribution in [1.29, 1.82) is 0 Å². The molecule has 9 heteroatoms. The number of hydrogen-bond donors (Lipinski definition) is 1. The Balaban J connectivity index is 1.21. The van der Waals surface area contributed by atoms with Crippen molar-refractivity contribution < 1.29 is 14.0 Å². The molecule has 0 radical (unpaired) electrons. The molecule has 1 saturated carbocycles. The van der Waals surface area contributed by atoms with Crippen molar-refractivity contribution in [1.82, 2.24) is 19.5 Å². The van der Waals surface area contributed by atoms with E-state index in [0.29, 0.717) is 54.6 Å². The molecule has 8 nitrogen and oxygen atoms in total. The minimum Gasteiger partial charge on any atom is -0.371 e. The van der Waals surface area contributed by atoms with Crippen molar-refractivity contribution in [3.8, 4) is 11.3 Å². The highest BCUT2D eigenvalue weighted by atomic mass is 19.1. The van der Waals surface area contributed by atoms with Crippen LogP contribution in [0.5, 0.6) is 0 Å². The van der Waals surface area contributed by atoms with Crippen molar-refractivity contribution in [3.63, 3.8) is 0 Å². The molecular formula is C31H31FN6O2. The smallest absolute Gasteiger partial charge is 0.273 e. The van der Waals surface area contributed by atoms with Crippen LogP contribution in [-0.4, -0.2) is 50.9 Å². The molecule has 4 heterocycles. The van der Waals surface area contributed by atoms with Gasteiger partial charge in [-0.05, 0) is 68.0 Å². The zero-order valence-electron chi connectivity index (χ0n) is 22.4. The van der Waals surface area contributed by atoms with Crippen LogP contribution in [0.3, 0.4) is 0 Å². The van der Waals surface area contributed by atoms with Crippen LogP contribution in [0.25, 0.3) is 16.9 Å². The lowest BCUT2D eigenvalue weighted by Crippen LogP contribution is -2.39. The number of carbonyl (C=O) groups is 2. The lowest BCUT2D eigenvalue weighted by molar-refractivity contribution is -0.121. The third kappa shape index (κ3) is 4.20. The van der Waals surface area contributed by atoms with E-state index in [2.05, 4.69) is 19.1 Å². The minimum absolute atomic E-state index is 0.0400. The molecular weight excluding hydrogens is 507 g/mol. The predicted molar refractivity (Wildman–Crippen MR) is 149 cm³/mol. The number of halogens is 1. The fourth-order valence-electron chi connectivity index (χ4n) is 6.24. The van der Waals surface area contributed by atoms with Gasteiger partial charge in [0.15, 0.2) is 5.65 Å². The first-order valence-corrected chi connectivity index (χ1v) is 14.0. The highest BCUT2D eigenvalue weighted by Crippen LogP contribution is 2.41. The van der Waals surface area contributed by atoms with E-state index in [1.165, 1.54) is 17.2 Å². The maximum Gasteiger partial charge on any atom is 0.273 e. The Kier molecular flexibility index (Phi) is 5.83. The summed E-state index contributed by atoms with van der Waals surface area (Å²) in [5.41, 5.74) is 11.4. The summed E-state index contributed by atoms with van der Waals surface area (Å²) in [7, 11) is 0. The number of hydrogen-bond acceptors (Lipinski definition) is 5. The van der Waals surface area contributed by atoms with Crippen molar-refractivity contribution in [3.05, 3.63) is 82.9 Å². The lowest BCUT2D eigenvalue weighted by atomic mass is 9.93. The van der Waals surface area contributed by atoms with Gasteiger partial charge in [-0.25, -0.2) is 13.9 Å². The van der Waals surface area contributed by atoms with E-state index in [0.717, 1.165) is 30.6 Å². The average Bonchev–Trinajstić information content (AvgIpc) is 3.51. The van der Waals surface area contributed by atoms with Gasteiger partial charge in [0, 0.05) is 48.6 Å². The van der Waals surface area contributed by atoms with Gasteiger partial charge in [-0.3, -0.25) is 9.59 Å². The Hall–Kier alpha value is -4.27. The third-order valence-corrected chi connectivity index (χ3v) is 8.71. The van der Waals surface area contributed by atoms with Gasteiger partial charge >= 0.3 is 0 Å². The van der Waals surface area contributed by atoms with Gasteiger partial charge in [-0.15, -0.1) is 0 Å². The van der Waals surface area contributed by atoms with Crippen LogP contribution in [0.1, 0.15) is 65.5 Å². The summed E-state index contributed by atoms with van der Waals surface area (Å²) in [5.74, 6) is -0.712. The fraction of sp³-hybridized carbons (Fsp3) is 0.355. The van der Waals surface area contributed by atoms with Crippen LogP contribution in [0, 0.1) is 11.7 Å². The van der Waals surface area contributed by atoms with Gasteiger partial charge in [-0.1, -0.05) is 24.3 Å². The first kappa shape index (κ1) is 24.7. The number of anilines is 1. The molecule has 2 aromatic heterocycles. The van der Waals surface area contributed by atoms with E-state index in [4.69, 9.17) is 15.8 Å². The SMILES string of the molecule is C[C@@H]1c2ccccc2CCN1C(=O)c1cc(C2CC2)n2nc(-c3ccc(N4CC[C@H](C(N)=O)C4)cc3F)cc2n1. The van der Waals surface area contributed by atoms with Crippen LogP contribution in [0.15, 0.2) is 54.6 Å². The lowest BCUT2D eigenvalue weighted by Gasteiger charge is -2.35. The number of primary amides is 1. The predicted octanol–water partition coefficient (Wildman–Crippen LogP) is 4.48. The molecule has 2 amide bonds. The van der Waals surface area contributed by atoms with Gasteiger partial charge < -0.3 is 15.5 Å². The normalized spacial score (nSPS) is 20.6. The molecule has 7 rings (SSSR count). The zero-order valence-corrected chi connectivity index (χ0v) is 22.4. The zero-order chi connectivity index (χ0) is 27.5. The van der Waals surface area contributed by atoms with E-state index in [1.807, 2.05) is 34.1 Å². The minimum atomic E-state index is -0.395. The van der Waals surface area contributed by atoms with Gasteiger partial charge in [0.25, 0.3) is 5.91 Å². The number of carbonyl (C=O) groups excluding carboxylic acids is 2. The van der Waals surface area contributed by atoms with E-state index >= 15 is 4.39 Å². The number of nitrogens with two attached hydrogens (primary N) is 1. The first-order chi connectivity index (χ1) is 19.4. The highest BCUT2D eigenvalue weighted by Gasteiger charge is 2.33. The highest BCUT2D eigenvalue weighted by molar-refractivity contribution is 5.93. The van der Waals surface area contributed by atoms with Crippen LogP contribution < -0.4 is 10.6 Å². The monoisotopic (exact) mass is 538 g/mol. The quantitative estimate of drug-likeness (QED) is 0.404. The molecule has 1 saturated heterocycles. The Bertz CT molecular complexity index is 1660. The van der Waals surface area contributed by atoms with Crippen LogP contribution in [0.2, 0.25) is 0 Å².